The number of nitrogens with zero attached hydrogens (tertiary/aromatic N) is 2. The third-order valence-corrected chi connectivity index (χ3v) is 3.02. The number of hydrogen-bond donors (Lipinski definition) is 2. The van der Waals surface area contributed by atoms with E-state index in [-0.39, 0.29) is 5.91 Å². The van der Waals surface area contributed by atoms with Gasteiger partial charge in [0, 0.05) is 30.4 Å². The average Bonchev–Trinajstić information content (AvgIpc) is 2.84. The third-order valence-electron chi connectivity index (χ3n) is 2.51. The van der Waals surface area contributed by atoms with E-state index < -0.39 is 0 Å². The van der Waals surface area contributed by atoms with Crippen LogP contribution in [-0.4, -0.2) is 15.5 Å². The van der Waals surface area contributed by atoms with Gasteiger partial charge in [-0.2, -0.15) is 0 Å². The Kier molecular flexibility index (Phi) is 4.29. The van der Waals surface area contributed by atoms with Crippen molar-refractivity contribution in [2.24, 2.45) is 0 Å². The number of aromatic nitrogens is 2. The molecule has 2 rings (SSSR count). The van der Waals surface area contributed by atoms with Crippen LogP contribution in [-0.2, 0) is 11.3 Å². The molecule has 0 aliphatic heterocycles. The lowest BCUT2D eigenvalue weighted by Crippen LogP contribution is -2.15. The Bertz CT molecular complexity index is 560. The van der Waals surface area contributed by atoms with Crippen LogP contribution in [0.15, 0.2) is 30.9 Å². The van der Waals surface area contributed by atoms with Gasteiger partial charge in [0.05, 0.1) is 22.7 Å². The van der Waals surface area contributed by atoms with Crippen molar-refractivity contribution in [1.82, 2.24) is 9.55 Å². The minimum absolute atomic E-state index is 0.176. The number of carbonyl (C=O) groups excluding carboxylic acids is 1. The molecule has 0 aliphatic carbocycles. The molecule has 0 spiro atoms. The maximum atomic E-state index is 11.8. The molecule has 0 radical (unpaired) electrons. The Balaban J connectivity index is 1.99. The third kappa shape index (κ3) is 3.62. The van der Waals surface area contributed by atoms with Gasteiger partial charge in [-0.1, -0.05) is 23.2 Å². The first kappa shape index (κ1) is 13.7. The smallest absolute Gasteiger partial charge is 0.226 e. The van der Waals surface area contributed by atoms with Gasteiger partial charge in [-0.05, 0) is 12.1 Å². The van der Waals surface area contributed by atoms with E-state index in [1.54, 1.807) is 24.8 Å². The van der Waals surface area contributed by atoms with Crippen LogP contribution in [0.3, 0.4) is 0 Å². The number of hydrogen-bond acceptors (Lipinski definition) is 3. The zero-order chi connectivity index (χ0) is 13.8. The van der Waals surface area contributed by atoms with Crippen molar-refractivity contribution in [1.29, 1.82) is 0 Å². The fourth-order valence-electron chi connectivity index (χ4n) is 1.58. The molecule has 3 N–H and O–H groups in total. The van der Waals surface area contributed by atoms with Gasteiger partial charge in [0.1, 0.15) is 0 Å². The van der Waals surface area contributed by atoms with Crippen LogP contribution in [0.5, 0.6) is 0 Å². The molecule has 7 heteroatoms. The van der Waals surface area contributed by atoms with Crippen molar-refractivity contribution in [3.63, 3.8) is 0 Å². The van der Waals surface area contributed by atoms with E-state index in [0.717, 1.165) is 0 Å². The second-order valence-electron chi connectivity index (χ2n) is 3.95. The van der Waals surface area contributed by atoms with Crippen LogP contribution in [0, 0.1) is 0 Å². The van der Waals surface area contributed by atoms with E-state index in [4.69, 9.17) is 28.9 Å². The summed E-state index contributed by atoms with van der Waals surface area (Å²) in [5.74, 6) is -0.176. The van der Waals surface area contributed by atoms with Gasteiger partial charge in [0.2, 0.25) is 5.91 Å². The summed E-state index contributed by atoms with van der Waals surface area (Å²) in [5, 5.41) is 3.43. The van der Waals surface area contributed by atoms with Crippen LogP contribution in [0.4, 0.5) is 11.4 Å². The molecule has 19 heavy (non-hydrogen) atoms. The second-order valence-corrected chi connectivity index (χ2v) is 4.79. The lowest BCUT2D eigenvalue weighted by atomic mass is 10.2. The minimum Gasteiger partial charge on any atom is -0.397 e. The fraction of sp³-hybridized carbons (Fsp3) is 0.167. The first-order valence-electron chi connectivity index (χ1n) is 5.56. The molecular formula is C12H12Cl2N4O. The monoisotopic (exact) mass is 298 g/mol. The van der Waals surface area contributed by atoms with E-state index in [1.165, 1.54) is 6.07 Å². The summed E-state index contributed by atoms with van der Waals surface area (Å²) in [6.45, 7) is 0.539. The Labute approximate surface area is 120 Å². The van der Waals surface area contributed by atoms with Gasteiger partial charge in [0.15, 0.2) is 0 Å². The van der Waals surface area contributed by atoms with Crippen molar-refractivity contribution in [2.45, 2.75) is 13.0 Å². The summed E-state index contributed by atoms with van der Waals surface area (Å²) in [4.78, 5) is 15.7. The molecule has 1 aromatic heterocycles. The Hall–Kier alpha value is -1.72. The van der Waals surface area contributed by atoms with Gasteiger partial charge in [-0.25, -0.2) is 4.98 Å². The standard InChI is InChI=1S/C12H12Cl2N4O/c13-8-5-9(14)12(10(15)6-8)17-11(19)1-3-18-4-2-16-7-18/h2,4-7H,1,3,15H2,(H,17,19). The van der Waals surface area contributed by atoms with Gasteiger partial charge in [-0.15, -0.1) is 0 Å². The van der Waals surface area contributed by atoms with Crippen LogP contribution < -0.4 is 11.1 Å². The number of halogens is 2. The predicted molar refractivity (Wildman–Crippen MR) is 76.3 cm³/mol. The number of benzene rings is 1. The van der Waals surface area contributed by atoms with Crippen LogP contribution >= 0.6 is 23.2 Å². The van der Waals surface area contributed by atoms with Crippen molar-refractivity contribution < 1.29 is 4.79 Å². The molecule has 0 bridgehead atoms. The van der Waals surface area contributed by atoms with Crippen LogP contribution in [0.25, 0.3) is 0 Å². The number of carbonyl (C=O) groups is 1. The van der Waals surface area contributed by atoms with E-state index in [1.807, 2.05) is 4.57 Å². The highest BCUT2D eigenvalue weighted by Crippen LogP contribution is 2.32. The second kappa shape index (κ2) is 5.95. The first-order chi connectivity index (χ1) is 9.06. The molecule has 100 valence electrons. The quantitative estimate of drug-likeness (QED) is 0.853. The number of aryl methyl sites for hydroxylation is 1. The molecule has 1 amide bonds. The maximum absolute atomic E-state index is 11.8. The molecule has 0 saturated heterocycles. The maximum Gasteiger partial charge on any atom is 0.226 e. The van der Waals surface area contributed by atoms with Gasteiger partial charge in [-0.3, -0.25) is 4.79 Å². The van der Waals surface area contributed by atoms with E-state index in [9.17, 15) is 4.79 Å². The number of nitrogens with two attached hydrogens (primary N) is 1. The number of nitrogen functional groups attached to an aromatic ring is 1. The summed E-state index contributed by atoms with van der Waals surface area (Å²) in [6.07, 6.45) is 5.40. The molecule has 2 aromatic rings. The predicted octanol–water partition coefficient (Wildman–Crippen LogP) is 2.80. The highest BCUT2D eigenvalue weighted by molar-refractivity contribution is 6.37. The average molecular weight is 299 g/mol. The molecule has 0 unspecified atom stereocenters. The van der Waals surface area contributed by atoms with Crippen LogP contribution in [0.1, 0.15) is 6.42 Å². The molecule has 0 aliphatic rings. The van der Waals surface area contributed by atoms with Gasteiger partial charge >= 0.3 is 0 Å². The summed E-state index contributed by atoms with van der Waals surface area (Å²) in [6, 6.07) is 3.07. The zero-order valence-corrected chi connectivity index (χ0v) is 11.4. The molecule has 0 saturated carbocycles. The Morgan fingerprint density at radius 1 is 1.42 bits per heavy atom. The lowest BCUT2D eigenvalue weighted by Gasteiger charge is -2.10. The SMILES string of the molecule is Nc1cc(Cl)cc(Cl)c1NC(=O)CCn1ccnc1. The Morgan fingerprint density at radius 2 is 2.21 bits per heavy atom. The number of rotatable bonds is 4. The topological polar surface area (TPSA) is 72.9 Å². The molecule has 1 heterocycles. The highest BCUT2D eigenvalue weighted by Gasteiger charge is 2.10. The van der Waals surface area contributed by atoms with Gasteiger partial charge in [0.25, 0.3) is 0 Å². The number of amides is 1. The van der Waals surface area contributed by atoms with Crippen molar-refractivity contribution in [2.75, 3.05) is 11.1 Å². The highest BCUT2D eigenvalue weighted by atomic mass is 35.5. The fourth-order valence-corrected chi connectivity index (χ4v) is 2.13. The van der Waals surface area contributed by atoms with Crippen molar-refractivity contribution >= 4 is 40.5 Å². The molecule has 0 atom stereocenters. The zero-order valence-electron chi connectivity index (χ0n) is 9.94. The summed E-state index contributed by atoms with van der Waals surface area (Å²) < 4.78 is 1.81. The largest absolute Gasteiger partial charge is 0.397 e. The molecule has 0 fully saturated rings. The van der Waals surface area contributed by atoms with Crippen molar-refractivity contribution in [3.8, 4) is 0 Å². The molecular weight excluding hydrogens is 287 g/mol. The minimum atomic E-state index is -0.176. The summed E-state index contributed by atoms with van der Waals surface area (Å²) in [7, 11) is 0. The number of nitrogens with one attached hydrogen (secondary N) is 1. The van der Waals surface area contributed by atoms with Crippen molar-refractivity contribution in [3.05, 3.63) is 40.9 Å². The first-order valence-corrected chi connectivity index (χ1v) is 6.32. The summed E-state index contributed by atoms with van der Waals surface area (Å²) >= 11 is 11.8. The van der Waals surface area contributed by atoms with Crippen LogP contribution in [0.2, 0.25) is 10.0 Å². The van der Waals surface area contributed by atoms with E-state index in [0.29, 0.717) is 34.4 Å². The molecule has 1 aromatic carbocycles. The van der Waals surface area contributed by atoms with Gasteiger partial charge < -0.3 is 15.6 Å². The van der Waals surface area contributed by atoms with E-state index >= 15 is 0 Å². The number of imidazole rings is 1. The molecule has 5 nitrogen and oxygen atoms in total. The van der Waals surface area contributed by atoms with E-state index in [2.05, 4.69) is 10.3 Å². The normalized spacial score (nSPS) is 10.4. The summed E-state index contributed by atoms with van der Waals surface area (Å²) in [5.41, 5.74) is 6.49. The Morgan fingerprint density at radius 3 is 2.84 bits per heavy atom. The number of anilines is 2. The lowest BCUT2D eigenvalue weighted by molar-refractivity contribution is -0.116.